The lowest BCUT2D eigenvalue weighted by Crippen LogP contribution is -2.18. The molecule has 1 unspecified atom stereocenters. The molecule has 0 amide bonds. The third-order valence-electron chi connectivity index (χ3n) is 2.70. The largest absolute Gasteiger partial charge is 0.317 e. The Morgan fingerprint density at radius 3 is 2.87 bits per heavy atom. The van der Waals surface area contributed by atoms with E-state index >= 15 is 0 Å². The van der Waals surface area contributed by atoms with Gasteiger partial charge in [-0.05, 0) is 56.1 Å². The zero-order valence-corrected chi connectivity index (χ0v) is 10.8. The molecular formula is C13H23NS. The molecule has 1 rings (SSSR count). The summed E-state index contributed by atoms with van der Waals surface area (Å²) in [7, 11) is 0. The number of nitrogens with one attached hydrogen (secondary N) is 1. The van der Waals surface area contributed by atoms with Crippen molar-refractivity contribution in [1.82, 2.24) is 5.32 Å². The molecule has 86 valence electrons. The molecule has 0 bridgehead atoms. The summed E-state index contributed by atoms with van der Waals surface area (Å²) in [5.41, 5.74) is 0. The summed E-state index contributed by atoms with van der Waals surface area (Å²) in [4.78, 5) is 1.53. The van der Waals surface area contributed by atoms with E-state index < -0.39 is 0 Å². The van der Waals surface area contributed by atoms with Crippen molar-refractivity contribution in [2.75, 3.05) is 13.1 Å². The normalized spacial score (nSPS) is 12.9. The maximum absolute atomic E-state index is 3.46. The average molecular weight is 225 g/mol. The molecule has 1 heterocycles. The minimum absolute atomic E-state index is 0.844. The minimum Gasteiger partial charge on any atom is -0.317 e. The molecule has 1 nitrogen and oxygen atoms in total. The van der Waals surface area contributed by atoms with Crippen LogP contribution in [0, 0.1) is 5.92 Å². The Bertz CT molecular complexity index is 231. The number of hydrogen-bond donors (Lipinski definition) is 1. The van der Waals surface area contributed by atoms with Crippen LogP contribution < -0.4 is 5.32 Å². The van der Waals surface area contributed by atoms with Crippen molar-refractivity contribution in [3.05, 3.63) is 22.4 Å². The van der Waals surface area contributed by atoms with Gasteiger partial charge in [0.25, 0.3) is 0 Å². The van der Waals surface area contributed by atoms with Gasteiger partial charge < -0.3 is 5.32 Å². The van der Waals surface area contributed by atoms with Gasteiger partial charge in [0.05, 0.1) is 0 Å². The van der Waals surface area contributed by atoms with Crippen LogP contribution in [0.5, 0.6) is 0 Å². The second-order valence-electron chi connectivity index (χ2n) is 4.26. The van der Waals surface area contributed by atoms with E-state index in [0.29, 0.717) is 0 Å². The number of rotatable bonds is 8. The Morgan fingerprint density at radius 1 is 1.33 bits per heavy atom. The van der Waals surface area contributed by atoms with Crippen molar-refractivity contribution < 1.29 is 0 Å². The van der Waals surface area contributed by atoms with Gasteiger partial charge >= 0.3 is 0 Å². The lowest BCUT2D eigenvalue weighted by Gasteiger charge is -2.10. The van der Waals surface area contributed by atoms with Gasteiger partial charge in [0.2, 0.25) is 0 Å². The predicted molar refractivity (Wildman–Crippen MR) is 69.6 cm³/mol. The SMILES string of the molecule is CCCNCCC(C)CCc1cccs1. The Balaban J connectivity index is 2.01. The second kappa shape index (κ2) is 7.89. The maximum atomic E-state index is 3.46. The topological polar surface area (TPSA) is 12.0 Å². The highest BCUT2D eigenvalue weighted by Gasteiger charge is 2.02. The van der Waals surface area contributed by atoms with Gasteiger partial charge in [0.15, 0.2) is 0 Å². The van der Waals surface area contributed by atoms with E-state index in [1.807, 2.05) is 11.3 Å². The number of thiophene rings is 1. The van der Waals surface area contributed by atoms with Gasteiger partial charge in [-0.1, -0.05) is 19.9 Å². The quantitative estimate of drug-likeness (QED) is 0.665. The molecule has 0 aliphatic carbocycles. The third kappa shape index (κ3) is 5.95. The Morgan fingerprint density at radius 2 is 2.20 bits per heavy atom. The summed E-state index contributed by atoms with van der Waals surface area (Å²) >= 11 is 1.88. The van der Waals surface area contributed by atoms with Crippen molar-refractivity contribution in [3.8, 4) is 0 Å². The second-order valence-corrected chi connectivity index (χ2v) is 5.29. The van der Waals surface area contributed by atoms with Gasteiger partial charge in [-0.3, -0.25) is 0 Å². The zero-order valence-electron chi connectivity index (χ0n) is 9.96. The Hall–Kier alpha value is -0.340. The highest BCUT2D eigenvalue weighted by atomic mass is 32.1. The van der Waals surface area contributed by atoms with Gasteiger partial charge in [0, 0.05) is 4.88 Å². The fourth-order valence-corrected chi connectivity index (χ4v) is 2.36. The first-order chi connectivity index (χ1) is 7.33. The van der Waals surface area contributed by atoms with E-state index in [2.05, 4.69) is 36.7 Å². The summed E-state index contributed by atoms with van der Waals surface area (Å²) < 4.78 is 0. The van der Waals surface area contributed by atoms with Crippen molar-refractivity contribution in [3.63, 3.8) is 0 Å². The van der Waals surface area contributed by atoms with Crippen molar-refractivity contribution in [2.24, 2.45) is 5.92 Å². The molecule has 1 atom stereocenters. The highest BCUT2D eigenvalue weighted by molar-refractivity contribution is 7.09. The molecule has 15 heavy (non-hydrogen) atoms. The fraction of sp³-hybridized carbons (Fsp3) is 0.692. The van der Waals surface area contributed by atoms with Crippen LogP contribution in [0.4, 0.5) is 0 Å². The van der Waals surface area contributed by atoms with Crippen molar-refractivity contribution in [1.29, 1.82) is 0 Å². The van der Waals surface area contributed by atoms with Gasteiger partial charge in [-0.15, -0.1) is 11.3 Å². The van der Waals surface area contributed by atoms with Crippen LogP contribution in [0.25, 0.3) is 0 Å². The van der Waals surface area contributed by atoms with Gasteiger partial charge in [-0.25, -0.2) is 0 Å². The van der Waals surface area contributed by atoms with Crippen LogP contribution in [0.1, 0.15) is 38.0 Å². The summed E-state index contributed by atoms with van der Waals surface area (Å²) in [5.74, 6) is 0.844. The first-order valence-electron chi connectivity index (χ1n) is 6.06. The molecule has 1 aromatic heterocycles. The van der Waals surface area contributed by atoms with Crippen LogP contribution in [0.3, 0.4) is 0 Å². The van der Waals surface area contributed by atoms with Crippen LogP contribution in [0.15, 0.2) is 17.5 Å². The van der Waals surface area contributed by atoms with E-state index in [1.165, 1.54) is 37.1 Å². The molecule has 0 aliphatic heterocycles. The maximum Gasteiger partial charge on any atom is 0.00453 e. The van der Waals surface area contributed by atoms with E-state index in [-0.39, 0.29) is 0 Å². The van der Waals surface area contributed by atoms with Crippen LogP contribution in [-0.2, 0) is 6.42 Å². The first-order valence-corrected chi connectivity index (χ1v) is 6.94. The average Bonchev–Trinajstić information content (AvgIpc) is 2.74. The van der Waals surface area contributed by atoms with Crippen LogP contribution >= 0.6 is 11.3 Å². The molecule has 0 saturated carbocycles. The fourth-order valence-electron chi connectivity index (χ4n) is 1.64. The summed E-state index contributed by atoms with van der Waals surface area (Å²) in [6, 6.07) is 4.39. The van der Waals surface area contributed by atoms with Crippen molar-refractivity contribution in [2.45, 2.75) is 39.5 Å². The Kier molecular flexibility index (Phi) is 6.69. The molecule has 0 aromatic carbocycles. The van der Waals surface area contributed by atoms with Crippen LogP contribution in [0.2, 0.25) is 0 Å². The lowest BCUT2D eigenvalue weighted by atomic mass is 10.0. The minimum atomic E-state index is 0.844. The predicted octanol–water partition coefficient (Wildman–Crippen LogP) is 3.71. The van der Waals surface area contributed by atoms with E-state index in [0.717, 1.165) is 12.5 Å². The van der Waals surface area contributed by atoms with Gasteiger partial charge in [0.1, 0.15) is 0 Å². The van der Waals surface area contributed by atoms with E-state index in [4.69, 9.17) is 0 Å². The molecule has 0 saturated heterocycles. The van der Waals surface area contributed by atoms with Crippen LogP contribution in [-0.4, -0.2) is 13.1 Å². The molecule has 0 fully saturated rings. The summed E-state index contributed by atoms with van der Waals surface area (Å²) in [5, 5.41) is 5.63. The molecule has 0 radical (unpaired) electrons. The molecule has 0 aliphatic rings. The molecule has 1 N–H and O–H groups in total. The number of hydrogen-bond acceptors (Lipinski definition) is 2. The molecular weight excluding hydrogens is 202 g/mol. The highest BCUT2D eigenvalue weighted by Crippen LogP contribution is 2.15. The lowest BCUT2D eigenvalue weighted by molar-refractivity contribution is 0.471. The summed E-state index contributed by atoms with van der Waals surface area (Å²) in [6.07, 6.45) is 5.13. The summed E-state index contributed by atoms with van der Waals surface area (Å²) in [6.45, 7) is 6.92. The Labute approximate surface area is 97.9 Å². The monoisotopic (exact) mass is 225 g/mol. The smallest absolute Gasteiger partial charge is 0.00453 e. The molecule has 2 heteroatoms. The zero-order chi connectivity index (χ0) is 10.9. The van der Waals surface area contributed by atoms with E-state index in [1.54, 1.807) is 0 Å². The van der Waals surface area contributed by atoms with Crippen molar-refractivity contribution >= 4 is 11.3 Å². The van der Waals surface area contributed by atoms with E-state index in [9.17, 15) is 0 Å². The number of aryl methyl sites for hydroxylation is 1. The molecule has 0 spiro atoms. The third-order valence-corrected chi connectivity index (χ3v) is 3.64. The van der Waals surface area contributed by atoms with Gasteiger partial charge in [-0.2, -0.15) is 0 Å². The standard InChI is InChI=1S/C13H23NS/c1-3-9-14-10-8-12(2)6-7-13-5-4-11-15-13/h4-5,11-12,14H,3,6-10H2,1-2H3. The molecule has 1 aromatic rings. The first kappa shape index (κ1) is 12.7.